The Balaban J connectivity index is 0.000000284. The number of amides is 1. The highest BCUT2D eigenvalue weighted by atomic mass is 16.1. The number of carbonyl (C=O) groups is 1. The Bertz CT molecular complexity index is 516. The van der Waals surface area contributed by atoms with Gasteiger partial charge in [-0.3, -0.25) is 4.79 Å². The van der Waals surface area contributed by atoms with E-state index in [4.69, 9.17) is 0 Å². The van der Waals surface area contributed by atoms with Gasteiger partial charge in [0.2, 0.25) is 0 Å². The van der Waals surface area contributed by atoms with Crippen molar-refractivity contribution in [2.24, 2.45) is 0 Å². The normalized spacial score (nSPS) is 9.65. The first-order valence-electron chi connectivity index (χ1n) is 8.69. The van der Waals surface area contributed by atoms with E-state index in [0.717, 1.165) is 5.69 Å². The van der Waals surface area contributed by atoms with Gasteiger partial charge in [-0.25, -0.2) is 0 Å². The molecule has 2 rings (SSSR count). The summed E-state index contributed by atoms with van der Waals surface area (Å²) in [6, 6.07) is 18.6. The first-order valence-corrected chi connectivity index (χ1v) is 8.69. The Labute approximate surface area is 140 Å². The number of hydrogen-bond acceptors (Lipinski definition) is 1. The summed E-state index contributed by atoms with van der Waals surface area (Å²) in [5.74, 6) is -0.0817. The summed E-state index contributed by atoms with van der Waals surface area (Å²) in [5, 5.41) is 2.82. The lowest BCUT2D eigenvalue weighted by Gasteiger charge is -2.03. The van der Waals surface area contributed by atoms with E-state index < -0.39 is 0 Å². The molecule has 0 atom stereocenters. The van der Waals surface area contributed by atoms with E-state index in [0.29, 0.717) is 5.56 Å². The average molecular weight is 311 g/mol. The fraction of sp³-hybridized carbons (Fsp3) is 0.381. The largest absolute Gasteiger partial charge is 0.322 e. The molecule has 0 bridgehead atoms. The number of anilines is 1. The molecule has 0 aliphatic rings. The van der Waals surface area contributed by atoms with Gasteiger partial charge in [0.25, 0.3) is 5.91 Å². The van der Waals surface area contributed by atoms with Crippen LogP contribution in [0, 0.1) is 0 Å². The van der Waals surface area contributed by atoms with Crippen molar-refractivity contribution >= 4 is 11.6 Å². The van der Waals surface area contributed by atoms with E-state index in [1.54, 1.807) is 12.1 Å². The standard InChI is InChI=1S/C13H11NO.C8H18/c15-13(11-7-3-1-4-8-11)14-12-9-5-2-6-10-12;1-3-5-7-8-6-4-2/h1-10H,(H,14,15);3-8H2,1-2H3. The van der Waals surface area contributed by atoms with Gasteiger partial charge >= 0.3 is 0 Å². The fourth-order valence-electron chi connectivity index (χ4n) is 2.17. The monoisotopic (exact) mass is 311 g/mol. The van der Waals surface area contributed by atoms with Gasteiger partial charge in [-0.2, -0.15) is 0 Å². The van der Waals surface area contributed by atoms with E-state index >= 15 is 0 Å². The molecule has 2 aromatic carbocycles. The third kappa shape index (κ3) is 8.82. The number of hydrogen-bond donors (Lipinski definition) is 1. The molecule has 0 spiro atoms. The number of nitrogens with one attached hydrogen (secondary N) is 1. The quantitative estimate of drug-likeness (QED) is 0.597. The van der Waals surface area contributed by atoms with E-state index in [2.05, 4.69) is 19.2 Å². The summed E-state index contributed by atoms with van der Waals surface area (Å²) in [4.78, 5) is 11.7. The van der Waals surface area contributed by atoms with Gasteiger partial charge in [0.05, 0.1) is 0 Å². The molecular formula is C21H29NO. The lowest BCUT2D eigenvalue weighted by molar-refractivity contribution is 0.102. The van der Waals surface area contributed by atoms with Crippen LogP contribution in [0.3, 0.4) is 0 Å². The van der Waals surface area contributed by atoms with Crippen molar-refractivity contribution < 1.29 is 4.79 Å². The molecule has 0 heterocycles. The van der Waals surface area contributed by atoms with Crippen molar-refractivity contribution in [3.05, 3.63) is 66.2 Å². The van der Waals surface area contributed by atoms with Crippen molar-refractivity contribution in [3.8, 4) is 0 Å². The van der Waals surface area contributed by atoms with Crippen LogP contribution < -0.4 is 5.32 Å². The predicted molar refractivity (Wildman–Crippen MR) is 99.9 cm³/mol. The maximum Gasteiger partial charge on any atom is 0.255 e. The lowest BCUT2D eigenvalue weighted by Crippen LogP contribution is -2.11. The molecule has 2 nitrogen and oxygen atoms in total. The third-order valence-electron chi connectivity index (χ3n) is 3.52. The second-order valence-electron chi connectivity index (χ2n) is 5.60. The first-order chi connectivity index (χ1) is 11.3. The summed E-state index contributed by atoms with van der Waals surface area (Å²) in [5.41, 5.74) is 1.48. The van der Waals surface area contributed by atoms with E-state index in [9.17, 15) is 4.79 Å². The van der Waals surface area contributed by atoms with E-state index in [1.807, 2.05) is 48.5 Å². The van der Waals surface area contributed by atoms with Gasteiger partial charge in [0.15, 0.2) is 0 Å². The maximum absolute atomic E-state index is 11.7. The van der Waals surface area contributed by atoms with Crippen LogP contribution in [0.15, 0.2) is 60.7 Å². The minimum absolute atomic E-state index is 0.0817. The number of carbonyl (C=O) groups excluding carboxylic acids is 1. The Morgan fingerprint density at radius 1 is 0.739 bits per heavy atom. The second kappa shape index (κ2) is 12.5. The molecule has 2 aromatic rings. The number of rotatable bonds is 7. The predicted octanol–water partition coefficient (Wildman–Crippen LogP) is 6.31. The Morgan fingerprint density at radius 2 is 1.22 bits per heavy atom. The van der Waals surface area contributed by atoms with Crippen molar-refractivity contribution in [2.75, 3.05) is 5.32 Å². The minimum atomic E-state index is -0.0817. The number of unbranched alkanes of at least 4 members (excludes halogenated alkanes) is 5. The molecule has 0 radical (unpaired) electrons. The molecule has 0 fully saturated rings. The van der Waals surface area contributed by atoms with Crippen molar-refractivity contribution in [1.82, 2.24) is 0 Å². The van der Waals surface area contributed by atoms with Gasteiger partial charge in [-0.1, -0.05) is 88.8 Å². The highest BCUT2D eigenvalue weighted by Gasteiger charge is 2.03. The Hall–Kier alpha value is -2.09. The van der Waals surface area contributed by atoms with Crippen LogP contribution >= 0.6 is 0 Å². The zero-order chi connectivity index (χ0) is 16.8. The number of benzene rings is 2. The fourth-order valence-corrected chi connectivity index (χ4v) is 2.17. The zero-order valence-electron chi connectivity index (χ0n) is 14.4. The number of para-hydroxylation sites is 1. The average Bonchev–Trinajstić information content (AvgIpc) is 2.61. The van der Waals surface area contributed by atoms with Crippen molar-refractivity contribution in [1.29, 1.82) is 0 Å². The van der Waals surface area contributed by atoms with Gasteiger partial charge in [-0.05, 0) is 24.3 Å². The van der Waals surface area contributed by atoms with E-state index in [1.165, 1.54) is 38.5 Å². The molecule has 0 aromatic heterocycles. The SMILES string of the molecule is CCCCCCCC.O=C(Nc1ccccc1)c1ccccc1. The van der Waals surface area contributed by atoms with Crippen LogP contribution in [0.4, 0.5) is 5.69 Å². The first kappa shape index (κ1) is 19.0. The Morgan fingerprint density at radius 3 is 1.70 bits per heavy atom. The zero-order valence-corrected chi connectivity index (χ0v) is 14.4. The Kier molecular flexibility index (Phi) is 10.3. The van der Waals surface area contributed by atoms with Gasteiger partial charge in [0, 0.05) is 11.3 Å². The molecule has 0 saturated heterocycles. The van der Waals surface area contributed by atoms with Crippen LogP contribution in [0.5, 0.6) is 0 Å². The van der Waals surface area contributed by atoms with Gasteiger partial charge in [0.1, 0.15) is 0 Å². The smallest absolute Gasteiger partial charge is 0.255 e. The summed E-state index contributed by atoms with van der Waals surface area (Å²) in [6.45, 7) is 4.51. The molecule has 0 aliphatic carbocycles. The maximum atomic E-state index is 11.7. The molecule has 0 unspecified atom stereocenters. The summed E-state index contributed by atoms with van der Waals surface area (Å²) < 4.78 is 0. The van der Waals surface area contributed by atoms with Crippen LogP contribution in [-0.4, -0.2) is 5.91 Å². The molecule has 0 aliphatic heterocycles. The summed E-state index contributed by atoms with van der Waals surface area (Å²) in [6.07, 6.45) is 8.49. The van der Waals surface area contributed by atoms with Crippen molar-refractivity contribution in [3.63, 3.8) is 0 Å². The molecule has 23 heavy (non-hydrogen) atoms. The van der Waals surface area contributed by atoms with Crippen molar-refractivity contribution in [2.45, 2.75) is 52.4 Å². The molecule has 0 saturated carbocycles. The highest BCUT2D eigenvalue weighted by Crippen LogP contribution is 2.08. The summed E-state index contributed by atoms with van der Waals surface area (Å²) in [7, 11) is 0. The molecular weight excluding hydrogens is 282 g/mol. The van der Waals surface area contributed by atoms with E-state index in [-0.39, 0.29) is 5.91 Å². The highest BCUT2D eigenvalue weighted by molar-refractivity contribution is 6.04. The van der Waals surface area contributed by atoms with Gasteiger partial charge < -0.3 is 5.32 Å². The molecule has 1 amide bonds. The van der Waals surface area contributed by atoms with Gasteiger partial charge in [-0.15, -0.1) is 0 Å². The van der Waals surface area contributed by atoms with Crippen LogP contribution in [0.2, 0.25) is 0 Å². The third-order valence-corrected chi connectivity index (χ3v) is 3.52. The van der Waals surface area contributed by atoms with Crippen LogP contribution in [0.25, 0.3) is 0 Å². The molecule has 2 heteroatoms. The second-order valence-corrected chi connectivity index (χ2v) is 5.60. The van der Waals surface area contributed by atoms with Crippen LogP contribution in [0.1, 0.15) is 62.7 Å². The summed E-state index contributed by atoms with van der Waals surface area (Å²) >= 11 is 0. The van der Waals surface area contributed by atoms with Crippen LogP contribution in [-0.2, 0) is 0 Å². The molecule has 1 N–H and O–H groups in total. The lowest BCUT2D eigenvalue weighted by atomic mass is 10.1. The minimum Gasteiger partial charge on any atom is -0.322 e. The topological polar surface area (TPSA) is 29.1 Å². The molecule has 124 valence electrons.